The molecule has 5 heteroatoms. The molecule has 0 aliphatic carbocycles. The number of carbonyl (C=O) groups is 1. The predicted molar refractivity (Wildman–Crippen MR) is 92.9 cm³/mol. The zero-order valence-corrected chi connectivity index (χ0v) is 14.2. The van der Waals surface area contributed by atoms with Gasteiger partial charge in [-0.05, 0) is 42.6 Å². The molecule has 0 unspecified atom stereocenters. The lowest BCUT2D eigenvalue weighted by Gasteiger charge is -2.28. The molecule has 1 aromatic heterocycles. The number of benzene rings is 1. The second-order valence-corrected chi connectivity index (χ2v) is 6.83. The quantitative estimate of drug-likeness (QED) is 0.816. The topological polar surface area (TPSA) is 32.8 Å². The van der Waals surface area contributed by atoms with Gasteiger partial charge < -0.3 is 9.64 Å². The molecular formula is C18H22N2O2S. The van der Waals surface area contributed by atoms with E-state index in [0.717, 1.165) is 31.8 Å². The molecule has 0 radical (unpaired) electrons. The van der Waals surface area contributed by atoms with Crippen molar-refractivity contribution in [3.63, 3.8) is 0 Å². The highest BCUT2D eigenvalue weighted by Gasteiger charge is 2.22. The Balaban J connectivity index is 1.41. The van der Waals surface area contributed by atoms with Crippen molar-refractivity contribution in [2.75, 3.05) is 33.3 Å². The van der Waals surface area contributed by atoms with Gasteiger partial charge in [-0.3, -0.25) is 9.69 Å². The monoisotopic (exact) mass is 330 g/mol. The van der Waals surface area contributed by atoms with Gasteiger partial charge >= 0.3 is 0 Å². The number of likely N-dealkylation sites (N-methyl/N-ethyl adjacent to an activating group) is 1. The summed E-state index contributed by atoms with van der Waals surface area (Å²) in [6.07, 6.45) is 0.986. The number of nitrogens with zero attached hydrogens (tertiary/aromatic N) is 2. The molecule has 3 rings (SSSR count). The fourth-order valence-corrected chi connectivity index (χ4v) is 3.60. The average Bonchev–Trinajstić information content (AvgIpc) is 3.03. The summed E-state index contributed by atoms with van der Waals surface area (Å²) >= 11 is 1.80. The Hall–Kier alpha value is -1.85. The molecule has 4 nitrogen and oxygen atoms in total. The van der Waals surface area contributed by atoms with E-state index in [0.29, 0.717) is 13.2 Å². The highest BCUT2D eigenvalue weighted by Crippen LogP contribution is 2.23. The number of hydrogen-bond acceptors (Lipinski definition) is 4. The molecule has 23 heavy (non-hydrogen) atoms. The van der Waals surface area contributed by atoms with Gasteiger partial charge in [0.15, 0.2) is 0 Å². The number of hydrogen-bond donors (Lipinski definition) is 0. The van der Waals surface area contributed by atoms with Gasteiger partial charge in [-0.25, -0.2) is 0 Å². The Bertz CT molecular complexity index is 641. The molecule has 0 spiro atoms. The van der Waals surface area contributed by atoms with E-state index < -0.39 is 0 Å². The Labute approximate surface area is 141 Å². The molecule has 0 atom stereocenters. The van der Waals surface area contributed by atoms with Crippen LogP contribution >= 0.6 is 11.3 Å². The third-order valence-electron chi connectivity index (χ3n) is 4.05. The number of carbonyl (C=O) groups excluding carboxylic acids is 1. The van der Waals surface area contributed by atoms with Crippen LogP contribution in [0.5, 0.6) is 5.75 Å². The van der Waals surface area contributed by atoms with Gasteiger partial charge in [0.25, 0.3) is 0 Å². The van der Waals surface area contributed by atoms with Crippen LogP contribution < -0.4 is 4.74 Å². The minimum Gasteiger partial charge on any atom is -0.492 e. The number of thiophene rings is 1. The highest BCUT2D eigenvalue weighted by atomic mass is 32.1. The van der Waals surface area contributed by atoms with Crippen LogP contribution in [0.15, 0.2) is 41.8 Å². The van der Waals surface area contributed by atoms with Crippen LogP contribution in [0.25, 0.3) is 0 Å². The molecule has 0 bridgehead atoms. The van der Waals surface area contributed by atoms with Crippen molar-refractivity contribution >= 4 is 17.2 Å². The lowest BCUT2D eigenvalue weighted by molar-refractivity contribution is -0.133. The third kappa shape index (κ3) is 4.33. The van der Waals surface area contributed by atoms with Crippen molar-refractivity contribution in [2.24, 2.45) is 0 Å². The summed E-state index contributed by atoms with van der Waals surface area (Å²) in [7, 11) is 1.96. The second kappa shape index (κ2) is 7.62. The van der Waals surface area contributed by atoms with E-state index in [-0.39, 0.29) is 5.91 Å². The largest absolute Gasteiger partial charge is 0.492 e. The van der Waals surface area contributed by atoms with Gasteiger partial charge in [-0.15, -0.1) is 11.3 Å². The summed E-state index contributed by atoms with van der Waals surface area (Å²) in [5.41, 5.74) is 1.31. The summed E-state index contributed by atoms with van der Waals surface area (Å²) in [6.45, 7) is 3.35. The Morgan fingerprint density at radius 2 is 2.13 bits per heavy atom. The normalized spacial score (nSPS) is 13.9. The van der Waals surface area contributed by atoms with Crippen molar-refractivity contribution < 1.29 is 9.53 Å². The number of ether oxygens (including phenoxy) is 1. The van der Waals surface area contributed by atoms with E-state index in [1.54, 1.807) is 11.3 Å². The number of amides is 1. The second-order valence-electron chi connectivity index (χ2n) is 5.83. The zero-order valence-electron chi connectivity index (χ0n) is 13.4. The minimum atomic E-state index is 0.198. The first-order valence-electron chi connectivity index (χ1n) is 7.92. The van der Waals surface area contributed by atoms with Gasteiger partial charge in [-0.1, -0.05) is 18.2 Å². The van der Waals surface area contributed by atoms with Crippen LogP contribution in [-0.4, -0.2) is 49.0 Å². The average molecular weight is 330 g/mol. The first kappa shape index (κ1) is 16.0. The van der Waals surface area contributed by atoms with Gasteiger partial charge in [0.1, 0.15) is 12.4 Å². The molecule has 1 aliphatic rings. The van der Waals surface area contributed by atoms with Crippen LogP contribution in [0.2, 0.25) is 0 Å². The molecular weight excluding hydrogens is 308 g/mol. The Morgan fingerprint density at radius 1 is 1.30 bits per heavy atom. The van der Waals surface area contributed by atoms with Crippen LogP contribution in [0, 0.1) is 0 Å². The van der Waals surface area contributed by atoms with Crippen molar-refractivity contribution in [2.45, 2.75) is 13.0 Å². The zero-order chi connectivity index (χ0) is 16.1. The lowest BCUT2D eigenvalue weighted by atomic mass is 10.1. The predicted octanol–water partition coefficient (Wildman–Crippen LogP) is 2.64. The SMILES string of the molecule is CN(CCOc1ccccc1)CC(=O)N1CCc2sccc2C1. The fraction of sp³-hybridized carbons (Fsp3) is 0.389. The van der Waals surface area contributed by atoms with Crippen molar-refractivity contribution in [3.05, 3.63) is 52.2 Å². The van der Waals surface area contributed by atoms with Gasteiger partial charge in [-0.2, -0.15) is 0 Å². The molecule has 1 aliphatic heterocycles. The minimum absolute atomic E-state index is 0.198. The number of para-hydroxylation sites is 1. The summed E-state index contributed by atoms with van der Waals surface area (Å²) in [5.74, 6) is 1.07. The maximum Gasteiger partial charge on any atom is 0.237 e. The van der Waals surface area contributed by atoms with Gasteiger partial charge in [0.2, 0.25) is 5.91 Å². The standard InChI is InChI=1S/C18H22N2O2S/c1-19(10-11-22-16-5-3-2-4-6-16)14-18(21)20-9-7-17-15(13-20)8-12-23-17/h2-6,8,12H,7,9-11,13-14H2,1H3. The van der Waals surface area contributed by atoms with E-state index in [9.17, 15) is 4.79 Å². The van der Waals surface area contributed by atoms with Crippen LogP contribution in [0.1, 0.15) is 10.4 Å². The molecule has 0 fully saturated rings. The summed E-state index contributed by atoms with van der Waals surface area (Å²) in [5, 5.41) is 2.12. The van der Waals surface area contributed by atoms with E-state index in [2.05, 4.69) is 11.4 Å². The van der Waals surface area contributed by atoms with Gasteiger partial charge in [0.05, 0.1) is 6.54 Å². The summed E-state index contributed by atoms with van der Waals surface area (Å²) in [4.78, 5) is 17.8. The first-order chi connectivity index (χ1) is 11.2. The molecule has 2 heterocycles. The molecule has 1 amide bonds. The first-order valence-corrected chi connectivity index (χ1v) is 8.80. The van der Waals surface area contributed by atoms with Crippen molar-refractivity contribution in [1.29, 1.82) is 0 Å². The molecule has 0 saturated heterocycles. The summed E-state index contributed by atoms with van der Waals surface area (Å²) in [6, 6.07) is 11.9. The molecule has 0 N–H and O–H groups in total. The lowest BCUT2D eigenvalue weighted by Crippen LogP contribution is -2.42. The Morgan fingerprint density at radius 3 is 2.96 bits per heavy atom. The molecule has 122 valence electrons. The van der Waals surface area contributed by atoms with Gasteiger partial charge in [0, 0.05) is 24.5 Å². The third-order valence-corrected chi connectivity index (χ3v) is 5.07. The number of rotatable bonds is 6. The van der Waals surface area contributed by atoms with Crippen LogP contribution in [0.3, 0.4) is 0 Å². The van der Waals surface area contributed by atoms with Crippen LogP contribution in [0.4, 0.5) is 0 Å². The summed E-state index contributed by atoms with van der Waals surface area (Å²) < 4.78 is 5.67. The maximum atomic E-state index is 12.4. The van der Waals surface area contributed by atoms with E-state index >= 15 is 0 Å². The van der Waals surface area contributed by atoms with E-state index in [4.69, 9.17) is 4.74 Å². The fourth-order valence-electron chi connectivity index (χ4n) is 2.71. The molecule has 2 aromatic rings. The van der Waals surface area contributed by atoms with Crippen molar-refractivity contribution in [1.82, 2.24) is 9.80 Å². The smallest absolute Gasteiger partial charge is 0.237 e. The van der Waals surface area contributed by atoms with Crippen LogP contribution in [-0.2, 0) is 17.8 Å². The molecule has 1 aromatic carbocycles. The highest BCUT2D eigenvalue weighted by molar-refractivity contribution is 7.10. The van der Waals surface area contributed by atoms with E-state index in [1.807, 2.05) is 47.2 Å². The number of fused-ring (bicyclic) bond motifs is 1. The molecule has 0 saturated carbocycles. The maximum absolute atomic E-state index is 12.4. The van der Waals surface area contributed by atoms with E-state index in [1.165, 1.54) is 10.4 Å². The van der Waals surface area contributed by atoms with Crippen molar-refractivity contribution in [3.8, 4) is 5.75 Å². The Kier molecular flexibility index (Phi) is 5.31.